The van der Waals surface area contributed by atoms with Gasteiger partial charge in [0.15, 0.2) is 0 Å². The van der Waals surface area contributed by atoms with Crippen LogP contribution in [0.3, 0.4) is 0 Å². The van der Waals surface area contributed by atoms with Crippen molar-refractivity contribution in [3.63, 3.8) is 0 Å². The summed E-state index contributed by atoms with van der Waals surface area (Å²) in [6.45, 7) is 3.83. The molecule has 104 valence electrons. The maximum absolute atomic E-state index is 11.8. The monoisotopic (exact) mass is 290 g/mol. The van der Waals surface area contributed by atoms with E-state index in [9.17, 15) is 9.59 Å². The Morgan fingerprint density at radius 2 is 2.15 bits per heavy atom. The molecule has 1 amide bonds. The van der Waals surface area contributed by atoms with Gasteiger partial charge in [-0.3, -0.25) is 4.79 Å². The SMILES string of the molecule is CCOC(=O)c1sc(-c2cccc(C(N)=O)c2)nc1C. The third-order valence-electron chi connectivity index (χ3n) is 2.65. The number of nitrogens with two attached hydrogens (primary N) is 1. The maximum Gasteiger partial charge on any atom is 0.350 e. The van der Waals surface area contributed by atoms with Crippen LogP contribution in [0, 0.1) is 6.92 Å². The number of primary amides is 1. The molecule has 2 rings (SSSR count). The molecule has 5 nitrogen and oxygen atoms in total. The molecule has 0 saturated heterocycles. The standard InChI is InChI=1S/C14H14N2O3S/c1-3-19-14(18)11-8(2)16-13(20-11)10-6-4-5-9(7-10)12(15)17/h4-7H,3H2,1-2H3,(H2,15,17). The molecule has 0 unspecified atom stereocenters. The van der Waals surface area contributed by atoms with E-state index in [0.717, 1.165) is 5.56 Å². The van der Waals surface area contributed by atoms with Gasteiger partial charge in [-0.05, 0) is 26.0 Å². The third-order valence-corrected chi connectivity index (χ3v) is 3.84. The molecule has 2 N–H and O–H groups in total. The summed E-state index contributed by atoms with van der Waals surface area (Å²) in [6.07, 6.45) is 0. The molecule has 0 aliphatic rings. The van der Waals surface area contributed by atoms with Crippen LogP contribution in [0.2, 0.25) is 0 Å². The number of thiazole rings is 1. The van der Waals surface area contributed by atoms with Crippen LogP contribution in [0.1, 0.15) is 32.6 Å². The second-order valence-corrected chi connectivity index (χ2v) is 5.10. The number of esters is 1. The highest BCUT2D eigenvalue weighted by Gasteiger charge is 2.17. The highest BCUT2D eigenvalue weighted by atomic mass is 32.1. The summed E-state index contributed by atoms with van der Waals surface area (Å²) in [6, 6.07) is 6.85. The van der Waals surface area contributed by atoms with Crippen LogP contribution in [0.25, 0.3) is 10.6 Å². The highest BCUT2D eigenvalue weighted by molar-refractivity contribution is 7.17. The van der Waals surface area contributed by atoms with Crippen LogP contribution < -0.4 is 5.73 Å². The van der Waals surface area contributed by atoms with E-state index in [1.54, 1.807) is 32.0 Å². The summed E-state index contributed by atoms with van der Waals surface area (Å²) >= 11 is 1.24. The normalized spacial score (nSPS) is 10.3. The average Bonchev–Trinajstić information content (AvgIpc) is 2.81. The van der Waals surface area contributed by atoms with Gasteiger partial charge in [0.05, 0.1) is 12.3 Å². The molecule has 2 aromatic rings. The summed E-state index contributed by atoms with van der Waals surface area (Å²) in [4.78, 5) is 27.8. The Bertz CT molecular complexity index is 664. The molecule has 0 radical (unpaired) electrons. The number of hydrogen-bond donors (Lipinski definition) is 1. The predicted octanol–water partition coefficient (Wildman–Crippen LogP) is 2.39. The van der Waals surface area contributed by atoms with Crippen LogP contribution in [-0.2, 0) is 4.74 Å². The molecular formula is C14H14N2O3S. The third kappa shape index (κ3) is 2.85. The van der Waals surface area contributed by atoms with Gasteiger partial charge < -0.3 is 10.5 Å². The van der Waals surface area contributed by atoms with Crippen molar-refractivity contribution in [2.45, 2.75) is 13.8 Å². The Morgan fingerprint density at radius 3 is 2.80 bits per heavy atom. The number of carbonyl (C=O) groups is 2. The Kier molecular flexibility index (Phi) is 4.14. The van der Waals surface area contributed by atoms with Crippen LogP contribution in [0.4, 0.5) is 0 Å². The Balaban J connectivity index is 2.39. The Hall–Kier alpha value is -2.21. The molecular weight excluding hydrogens is 276 g/mol. The summed E-state index contributed by atoms with van der Waals surface area (Å²) in [7, 11) is 0. The lowest BCUT2D eigenvalue weighted by atomic mass is 10.1. The largest absolute Gasteiger partial charge is 0.462 e. The molecule has 0 fully saturated rings. The van der Waals surface area contributed by atoms with Crippen LogP contribution >= 0.6 is 11.3 Å². The van der Waals surface area contributed by atoms with E-state index in [-0.39, 0.29) is 5.97 Å². The number of ether oxygens (including phenoxy) is 1. The smallest absolute Gasteiger partial charge is 0.350 e. The summed E-state index contributed by atoms with van der Waals surface area (Å²) < 4.78 is 4.98. The maximum atomic E-state index is 11.8. The van der Waals surface area contributed by atoms with Gasteiger partial charge in [0, 0.05) is 11.1 Å². The van der Waals surface area contributed by atoms with E-state index < -0.39 is 5.91 Å². The lowest BCUT2D eigenvalue weighted by Crippen LogP contribution is -2.10. The molecule has 1 heterocycles. The first-order chi connectivity index (χ1) is 9.52. The zero-order chi connectivity index (χ0) is 14.7. The fourth-order valence-electron chi connectivity index (χ4n) is 1.71. The fraction of sp³-hybridized carbons (Fsp3) is 0.214. The van der Waals surface area contributed by atoms with Gasteiger partial charge in [-0.2, -0.15) is 0 Å². The first-order valence-electron chi connectivity index (χ1n) is 6.07. The zero-order valence-corrected chi connectivity index (χ0v) is 12.0. The van der Waals surface area contributed by atoms with Crippen molar-refractivity contribution < 1.29 is 14.3 Å². The number of aromatic nitrogens is 1. The van der Waals surface area contributed by atoms with Crippen LogP contribution in [-0.4, -0.2) is 23.5 Å². The van der Waals surface area contributed by atoms with Crippen molar-refractivity contribution in [3.05, 3.63) is 40.4 Å². The predicted molar refractivity (Wildman–Crippen MR) is 76.8 cm³/mol. The van der Waals surface area contributed by atoms with E-state index >= 15 is 0 Å². The lowest BCUT2D eigenvalue weighted by Gasteiger charge is -1.99. The van der Waals surface area contributed by atoms with Gasteiger partial charge in [-0.25, -0.2) is 9.78 Å². The van der Waals surface area contributed by atoms with Crippen LogP contribution in [0.5, 0.6) is 0 Å². The van der Waals surface area contributed by atoms with E-state index in [0.29, 0.717) is 27.7 Å². The minimum absolute atomic E-state index is 0.322. The van der Waals surface area contributed by atoms with Gasteiger partial charge in [-0.15, -0.1) is 11.3 Å². The van der Waals surface area contributed by atoms with Crippen molar-refractivity contribution in [2.75, 3.05) is 6.61 Å². The molecule has 0 spiro atoms. The first kappa shape index (κ1) is 14.2. The number of benzene rings is 1. The summed E-state index contributed by atoms with van der Waals surface area (Å²) in [5.74, 6) is -0.870. The van der Waals surface area contributed by atoms with Gasteiger partial charge in [0.1, 0.15) is 9.88 Å². The zero-order valence-electron chi connectivity index (χ0n) is 11.2. The Labute approximate surface area is 120 Å². The summed E-state index contributed by atoms with van der Waals surface area (Å²) in [5.41, 5.74) is 7.04. The first-order valence-corrected chi connectivity index (χ1v) is 6.89. The van der Waals surface area contributed by atoms with Crippen LogP contribution in [0.15, 0.2) is 24.3 Å². The van der Waals surface area contributed by atoms with Crippen molar-refractivity contribution in [3.8, 4) is 10.6 Å². The van der Waals surface area contributed by atoms with E-state index in [4.69, 9.17) is 10.5 Å². The molecule has 0 bridgehead atoms. The van der Waals surface area contributed by atoms with Gasteiger partial charge in [0.2, 0.25) is 5.91 Å². The average molecular weight is 290 g/mol. The number of aryl methyl sites for hydroxylation is 1. The number of carbonyl (C=O) groups excluding carboxylic acids is 2. The lowest BCUT2D eigenvalue weighted by molar-refractivity contribution is 0.0531. The quantitative estimate of drug-likeness (QED) is 0.876. The topological polar surface area (TPSA) is 82.3 Å². The van der Waals surface area contributed by atoms with Crippen molar-refractivity contribution in [1.82, 2.24) is 4.98 Å². The number of hydrogen-bond acceptors (Lipinski definition) is 5. The van der Waals surface area contributed by atoms with E-state index in [2.05, 4.69) is 4.98 Å². The molecule has 0 saturated carbocycles. The molecule has 6 heteroatoms. The second-order valence-electron chi connectivity index (χ2n) is 4.10. The molecule has 1 aromatic heterocycles. The minimum atomic E-state index is -0.495. The fourth-order valence-corrected chi connectivity index (χ4v) is 2.67. The molecule has 0 atom stereocenters. The van der Waals surface area contributed by atoms with Crippen molar-refractivity contribution >= 4 is 23.2 Å². The van der Waals surface area contributed by atoms with Gasteiger partial charge in [0.25, 0.3) is 0 Å². The molecule has 0 aliphatic heterocycles. The minimum Gasteiger partial charge on any atom is -0.462 e. The van der Waals surface area contributed by atoms with Gasteiger partial charge in [-0.1, -0.05) is 12.1 Å². The molecule has 20 heavy (non-hydrogen) atoms. The highest BCUT2D eigenvalue weighted by Crippen LogP contribution is 2.28. The van der Waals surface area contributed by atoms with Crippen molar-refractivity contribution in [2.24, 2.45) is 5.73 Å². The summed E-state index contributed by atoms with van der Waals surface area (Å²) in [5, 5.41) is 0.661. The van der Waals surface area contributed by atoms with E-state index in [1.807, 2.05) is 6.07 Å². The molecule has 0 aliphatic carbocycles. The number of nitrogens with zero attached hydrogens (tertiary/aromatic N) is 1. The van der Waals surface area contributed by atoms with E-state index in [1.165, 1.54) is 11.3 Å². The molecule has 1 aromatic carbocycles. The van der Waals surface area contributed by atoms with Crippen molar-refractivity contribution in [1.29, 1.82) is 0 Å². The number of amides is 1. The Morgan fingerprint density at radius 1 is 1.40 bits per heavy atom. The van der Waals surface area contributed by atoms with Gasteiger partial charge >= 0.3 is 5.97 Å². The number of rotatable bonds is 4. The second kappa shape index (κ2) is 5.83.